The number of carbonyl (C=O) groups excluding carboxylic acids is 3. The average molecular weight is 301 g/mol. The smallest absolute Gasteiger partial charge is 0.259 e. The lowest BCUT2D eigenvalue weighted by Gasteiger charge is -2.16. The lowest BCUT2D eigenvalue weighted by atomic mass is 10.1. The van der Waals surface area contributed by atoms with Crippen molar-refractivity contribution in [2.75, 3.05) is 19.6 Å². The maximum atomic E-state index is 12.2. The zero-order valence-corrected chi connectivity index (χ0v) is 12.5. The highest BCUT2D eigenvalue weighted by Crippen LogP contribution is 2.30. The summed E-state index contributed by atoms with van der Waals surface area (Å²) in [6.07, 6.45) is 0.833. The van der Waals surface area contributed by atoms with Crippen LogP contribution < -0.4 is 10.6 Å². The maximum Gasteiger partial charge on any atom is 0.259 e. The van der Waals surface area contributed by atoms with Crippen LogP contribution in [0.1, 0.15) is 29.3 Å². The molecule has 0 saturated carbocycles. The van der Waals surface area contributed by atoms with Crippen molar-refractivity contribution < 1.29 is 14.4 Å². The molecular formula is C16H19N3O3. The van der Waals surface area contributed by atoms with E-state index in [-0.39, 0.29) is 24.9 Å². The molecule has 1 aromatic rings. The fourth-order valence-electron chi connectivity index (χ4n) is 2.21. The van der Waals surface area contributed by atoms with Crippen LogP contribution in [0.3, 0.4) is 0 Å². The fraction of sp³-hybridized carbons (Fsp3) is 0.312. The first-order valence-electron chi connectivity index (χ1n) is 7.18. The Morgan fingerprint density at radius 2 is 1.82 bits per heavy atom. The molecule has 0 aromatic heterocycles. The third-order valence-corrected chi connectivity index (χ3v) is 3.36. The van der Waals surface area contributed by atoms with Crippen molar-refractivity contribution in [1.82, 2.24) is 15.5 Å². The molecule has 22 heavy (non-hydrogen) atoms. The first-order chi connectivity index (χ1) is 10.5. The molecule has 1 heterocycles. The SMILES string of the molecule is C=C1c2ccccc2C(=O)N1CC(=O)NCC(=O)NCCC. The summed E-state index contributed by atoms with van der Waals surface area (Å²) in [5, 5.41) is 5.16. The van der Waals surface area contributed by atoms with Crippen molar-refractivity contribution >= 4 is 23.4 Å². The van der Waals surface area contributed by atoms with Gasteiger partial charge in [0.25, 0.3) is 5.91 Å². The van der Waals surface area contributed by atoms with E-state index in [1.165, 1.54) is 4.90 Å². The van der Waals surface area contributed by atoms with Gasteiger partial charge in [0.15, 0.2) is 0 Å². The Kier molecular flexibility index (Phi) is 4.93. The topological polar surface area (TPSA) is 78.5 Å². The van der Waals surface area contributed by atoms with E-state index >= 15 is 0 Å². The van der Waals surface area contributed by atoms with Gasteiger partial charge in [0.2, 0.25) is 11.8 Å². The van der Waals surface area contributed by atoms with Crippen molar-refractivity contribution in [2.24, 2.45) is 0 Å². The molecule has 0 fully saturated rings. The molecule has 0 spiro atoms. The van der Waals surface area contributed by atoms with Gasteiger partial charge in [-0.25, -0.2) is 0 Å². The summed E-state index contributed by atoms with van der Waals surface area (Å²) in [5.41, 5.74) is 1.79. The standard InChI is InChI=1S/C16H19N3O3/c1-3-8-17-14(20)9-18-15(21)10-19-11(2)12-6-4-5-7-13(12)16(19)22/h4-7H,2-3,8-10H2,1H3,(H,17,20)(H,18,21). The minimum atomic E-state index is -0.394. The van der Waals surface area contributed by atoms with E-state index in [0.717, 1.165) is 12.0 Å². The molecule has 1 aromatic carbocycles. The number of rotatable bonds is 6. The van der Waals surface area contributed by atoms with E-state index in [2.05, 4.69) is 17.2 Å². The summed E-state index contributed by atoms with van der Waals surface area (Å²) in [7, 11) is 0. The van der Waals surface area contributed by atoms with E-state index < -0.39 is 5.91 Å². The predicted octanol–water partition coefficient (Wildman–Crippen LogP) is 0.755. The zero-order chi connectivity index (χ0) is 16.1. The van der Waals surface area contributed by atoms with Gasteiger partial charge in [-0.05, 0) is 12.5 Å². The second kappa shape index (κ2) is 6.89. The van der Waals surface area contributed by atoms with E-state index in [0.29, 0.717) is 17.8 Å². The van der Waals surface area contributed by atoms with Gasteiger partial charge in [0.1, 0.15) is 6.54 Å². The Balaban J connectivity index is 1.90. The lowest BCUT2D eigenvalue weighted by Crippen LogP contribution is -2.42. The zero-order valence-electron chi connectivity index (χ0n) is 12.5. The minimum absolute atomic E-state index is 0.0969. The largest absolute Gasteiger partial charge is 0.355 e. The van der Waals surface area contributed by atoms with Gasteiger partial charge >= 0.3 is 0 Å². The number of nitrogens with zero attached hydrogens (tertiary/aromatic N) is 1. The van der Waals surface area contributed by atoms with E-state index in [1.807, 2.05) is 13.0 Å². The van der Waals surface area contributed by atoms with Gasteiger partial charge in [0, 0.05) is 23.4 Å². The monoisotopic (exact) mass is 301 g/mol. The second-order valence-electron chi connectivity index (χ2n) is 5.01. The summed E-state index contributed by atoms with van der Waals surface area (Å²) < 4.78 is 0. The van der Waals surface area contributed by atoms with Crippen molar-refractivity contribution in [2.45, 2.75) is 13.3 Å². The Morgan fingerprint density at radius 3 is 2.45 bits per heavy atom. The number of fused-ring (bicyclic) bond motifs is 1. The molecule has 1 aliphatic rings. The summed E-state index contributed by atoms with van der Waals surface area (Å²) >= 11 is 0. The van der Waals surface area contributed by atoms with Crippen LogP contribution in [-0.4, -0.2) is 42.3 Å². The van der Waals surface area contributed by atoms with Crippen LogP contribution in [0, 0.1) is 0 Å². The van der Waals surface area contributed by atoms with Gasteiger partial charge in [-0.15, -0.1) is 0 Å². The molecule has 2 rings (SSSR count). The van der Waals surface area contributed by atoms with Gasteiger partial charge in [-0.3, -0.25) is 19.3 Å². The van der Waals surface area contributed by atoms with Crippen molar-refractivity contribution in [3.05, 3.63) is 42.0 Å². The molecule has 6 nitrogen and oxygen atoms in total. The van der Waals surface area contributed by atoms with E-state index in [9.17, 15) is 14.4 Å². The summed E-state index contributed by atoms with van der Waals surface area (Å²) in [4.78, 5) is 36.9. The van der Waals surface area contributed by atoms with Crippen molar-refractivity contribution in [1.29, 1.82) is 0 Å². The first-order valence-corrected chi connectivity index (χ1v) is 7.18. The third kappa shape index (κ3) is 3.33. The Labute approximate surface area is 129 Å². The molecule has 0 aliphatic carbocycles. The number of hydrogen-bond donors (Lipinski definition) is 2. The lowest BCUT2D eigenvalue weighted by molar-refractivity contribution is -0.126. The number of nitrogens with one attached hydrogen (secondary N) is 2. The highest BCUT2D eigenvalue weighted by Gasteiger charge is 2.31. The summed E-state index contributed by atoms with van der Waals surface area (Å²) in [6, 6.07) is 7.09. The summed E-state index contributed by atoms with van der Waals surface area (Å²) in [5.74, 6) is -0.884. The molecule has 0 radical (unpaired) electrons. The van der Waals surface area contributed by atoms with Crippen LogP contribution >= 0.6 is 0 Å². The molecule has 116 valence electrons. The van der Waals surface area contributed by atoms with E-state index in [4.69, 9.17) is 0 Å². The van der Waals surface area contributed by atoms with Gasteiger partial charge in [-0.2, -0.15) is 0 Å². The molecule has 0 atom stereocenters. The third-order valence-electron chi connectivity index (χ3n) is 3.36. The Morgan fingerprint density at radius 1 is 1.14 bits per heavy atom. The van der Waals surface area contributed by atoms with E-state index in [1.54, 1.807) is 18.2 Å². The van der Waals surface area contributed by atoms with Crippen LogP contribution in [0.25, 0.3) is 5.70 Å². The van der Waals surface area contributed by atoms with Crippen LogP contribution in [0.5, 0.6) is 0 Å². The number of carbonyl (C=O) groups is 3. The molecule has 3 amide bonds. The van der Waals surface area contributed by atoms with Crippen LogP contribution in [0.2, 0.25) is 0 Å². The van der Waals surface area contributed by atoms with Crippen molar-refractivity contribution in [3.8, 4) is 0 Å². The number of amides is 3. The predicted molar refractivity (Wildman–Crippen MR) is 82.8 cm³/mol. The van der Waals surface area contributed by atoms with Crippen molar-refractivity contribution in [3.63, 3.8) is 0 Å². The normalized spacial score (nSPS) is 13.0. The van der Waals surface area contributed by atoms with Gasteiger partial charge in [0.05, 0.1) is 6.54 Å². The minimum Gasteiger partial charge on any atom is -0.355 e. The molecule has 6 heteroatoms. The second-order valence-corrected chi connectivity index (χ2v) is 5.01. The molecule has 0 unspecified atom stereocenters. The molecular weight excluding hydrogens is 282 g/mol. The van der Waals surface area contributed by atoms with Gasteiger partial charge < -0.3 is 10.6 Å². The molecule has 2 N–H and O–H groups in total. The maximum absolute atomic E-state index is 12.2. The Hall–Kier alpha value is -2.63. The molecule has 0 bridgehead atoms. The molecule has 0 saturated heterocycles. The van der Waals surface area contributed by atoms with Gasteiger partial charge in [-0.1, -0.05) is 31.7 Å². The number of hydrogen-bond acceptors (Lipinski definition) is 3. The average Bonchev–Trinajstić information content (AvgIpc) is 2.76. The Bertz CT molecular complexity index is 590. The highest BCUT2D eigenvalue weighted by atomic mass is 16.2. The highest BCUT2D eigenvalue weighted by molar-refractivity contribution is 6.10. The molecule has 1 aliphatic heterocycles. The fourth-order valence-corrected chi connectivity index (χ4v) is 2.21. The first kappa shape index (κ1) is 15.8. The van der Waals surface area contributed by atoms with Crippen LogP contribution in [0.4, 0.5) is 0 Å². The summed E-state index contributed by atoms with van der Waals surface area (Å²) in [6.45, 7) is 6.14. The number of benzene rings is 1. The quantitative estimate of drug-likeness (QED) is 0.814. The van der Waals surface area contributed by atoms with Crippen LogP contribution in [0.15, 0.2) is 30.8 Å². The van der Waals surface area contributed by atoms with Crippen LogP contribution in [-0.2, 0) is 9.59 Å².